The Morgan fingerprint density at radius 2 is 1.65 bits per heavy atom. The zero-order valence-electron chi connectivity index (χ0n) is 13.4. The Morgan fingerprint density at radius 3 is 2.35 bits per heavy atom. The normalized spacial score (nSPS) is 10.8. The smallest absolute Gasteiger partial charge is 0.271 e. The van der Waals surface area contributed by atoms with E-state index in [1.165, 1.54) is 18.2 Å². The molecule has 3 aromatic carbocycles. The number of fused-ring (bicyclic) bond motifs is 1. The third-order valence-corrected chi connectivity index (χ3v) is 3.92. The van der Waals surface area contributed by atoms with Gasteiger partial charge in [0.2, 0.25) is 0 Å². The van der Waals surface area contributed by atoms with E-state index >= 15 is 0 Å². The van der Waals surface area contributed by atoms with E-state index in [2.05, 4.69) is 4.98 Å². The minimum atomic E-state index is -0.512. The molecule has 0 saturated heterocycles. The fourth-order valence-electron chi connectivity index (χ4n) is 2.65. The van der Waals surface area contributed by atoms with Gasteiger partial charge in [-0.05, 0) is 42.5 Å². The molecule has 4 rings (SSSR count). The molecule has 1 N–H and O–H groups in total. The van der Waals surface area contributed by atoms with Crippen molar-refractivity contribution in [3.8, 4) is 22.9 Å². The van der Waals surface area contributed by atoms with Crippen LogP contribution >= 0.6 is 0 Å². The van der Waals surface area contributed by atoms with Gasteiger partial charge in [-0.25, -0.2) is 4.98 Å². The van der Waals surface area contributed by atoms with E-state index < -0.39 is 4.92 Å². The van der Waals surface area contributed by atoms with E-state index in [1.54, 1.807) is 24.3 Å². The molecule has 0 aliphatic heterocycles. The minimum Gasteiger partial charge on any atom is -0.457 e. The first kappa shape index (κ1) is 15.6. The Labute approximate surface area is 147 Å². The summed E-state index contributed by atoms with van der Waals surface area (Å²) in [5.41, 5.74) is 1.30. The van der Waals surface area contributed by atoms with Crippen LogP contribution in [0.2, 0.25) is 0 Å². The summed E-state index contributed by atoms with van der Waals surface area (Å²) in [5.74, 6) is 1.67. The predicted molar refractivity (Wildman–Crippen MR) is 95.5 cm³/mol. The van der Waals surface area contributed by atoms with Crippen LogP contribution in [0.3, 0.4) is 0 Å². The molecule has 0 amide bonds. The van der Waals surface area contributed by atoms with Crippen molar-refractivity contribution >= 4 is 16.7 Å². The first-order valence-electron chi connectivity index (χ1n) is 7.81. The Kier molecular flexibility index (Phi) is 3.74. The summed E-state index contributed by atoms with van der Waals surface area (Å²) >= 11 is 0. The molecule has 128 valence electrons. The van der Waals surface area contributed by atoms with Crippen molar-refractivity contribution in [3.05, 3.63) is 82.9 Å². The monoisotopic (exact) mass is 347 g/mol. The van der Waals surface area contributed by atoms with Gasteiger partial charge < -0.3 is 9.94 Å². The Balaban J connectivity index is 1.67. The highest BCUT2D eigenvalue weighted by Crippen LogP contribution is 2.28. The van der Waals surface area contributed by atoms with Crippen molar-refractivity contribution in [1.29, 1.82) is 0 Å². The van der Waals surface area contributed by atoms with Crippen LogP contribution < -0.4 is 4.74 Å². The van der Waals surface area contributed by atoms with E-state index in [0.29, 0.717) is 22.7 Å². The molecule has 1 aromatic heterocycles. The lowest BCUT2D eigenvalue weighted by atomic mass is 10.2. The van der Waals surface area contributed by atoms with Crippen LogP contribution in [0.5, 0.6) is 11.5 Å². The first-order chi connectivity index (χ1) is 12.6. The third-order valence-electron chi connectivity index (χ3n) is 3.92. The Hall–Kier alpha value is -3.87. The number of nitro groups is 1. The maximum absolute atomic E-state index is 10.9. The zero-order valence-corrected chi connectivity index (χ0v) is 13.4. The second-order valence-corrected chi connectivity index (χ2v) is 5.62. The maximum Gasteiger partial charge on any atom is 0.271 e. The topological polar surface area (TPSA) is 90.4 Å². The number of hydrogen-bond donors (Lipinski definition) is 1. The first-order valence-corrected chi connectivity index (χ1v) is 7.81. The molecular formula is C19H13N3O4. The number of non-ortho nitro benzene ring substituents is 1. The predicted octanol–water partition coefficient (Wildman–Crippen LogP) is 4.64. The van der Waals surface area contributed by atoms with Gasteiger partial charge in [0.25, 0.3) is 5.69 Å². The molecule has 26 heavy (non-hydrogen) atoms. The van der Waals surface area contributed by atoms with E-state index in [0.717, 1.165) is 10.5 Å². The van der Waals surface area contributed by atoms with Crippen molar-refractivity contribution in [2.75, 3.05) is 0 Å². The van der Waals surface area contributed by atoms with E-state index in [4.69, 9.17) is 4.74 Å². The number of aromatic nitrogens is 2. The van der Waals surface area contributed by atoms with Gasteiger partial charge in [0, 0.05) is 17.7 Å². The lowest BCUT2D eigenvalue weighted by Crippen LogP contribution is -1.95. The van der Waals surface area contributed by atoms with Crippen LogP contribution in [0.1, 0.15) is 0 Å². The number of para-hydroxylation sites is 1. The molecule has 0 saturated carbocycles. The van der Waals surface area contributed by atoms with Gasteiger partial charge in [0.05, 0.1) is 10.4 Å². The lowest BCUT2D eigenvalue weighted by molar-refractivity contribution is -0.384. The largest absolute Gasteiger partial charge is 0.457 e. The van der Waals surface area contributed by atoms with Gasteiger partial charge in [-0.1, -0.05) is 18.2 Å². The quantitative estimate of drug-likeness (QED) is 0.330. The van der Waals surface area contributed by atoms with Gasteiger partial charge in [-0.3, -0.25) is 10.1 Å². The highest BCUT2D eigenvalue weighted by Gasteiger charge is 2.15. The zero-order chi connectivity index (χ0) is 18.1. The van der Waals surface area contributed by atoms with E-state index in [1.807, 2.05) is 30.3 Å². The summed E-state index contributed by atoms with van der Waals surface area (Å²) in [6.45, 7) is 0. The number of nitrogens with zero attached hydrogens (tertiary/aromatic N) is 3. The molecule has 0 spiro atoms. The van der Waals surface area contributed by atoms with E-state index in [-0.39, 0.29) is 11.2 Å². The van der Waals surface area contributed by atoms with Crippen LogP contribution in [0.25, 0.3) is 22.4 Å². The Morgan fingerprint density at radius 1 is 0.962 bits per heavy atom. The summed E-state index contributed by atoms with van der Waals surface area (Å²) in [6, 6.07) is 20.6. The van der Waals surface area contributed by atoms with Crippen molar-refractivity contribution in [2.45, 2.75) is 0 Å². The van der Waals surface area contributed by atoms with Crippen LogP contribution in [0, 0.1) is 10.1 Å². The second kappa shape index (κ2) is 6.21. The molecule has 0 bridgehead atoms. The van der Waals surface area contributed by atoms with Gasteiger partial charge in [-0.2, -0.15) is 4.73 Å². The van der Waals surface area contributed by atoms with Crippen molar-refractivity contribution in [1.82, 2.24) is 9.71 Å². The van der Waals surface area contributed by atoms with Crippen LogP contribution in [0.4, 0.5) is 5.69 Å². The van der Waals surface area contributed by atoms with Crippen LogP contribution in [-0.4, -0.2) is 19.8 Å². The molecule has 7 nitrogen and oxygen atoms in total. The van der Waals surface area contributed by atoms with Crippen molar-refractivity contribution < 1.29 is 14.9 Å². The van der Waals surface area contributed by atoms with Crippen LogP contribution in [0.15, 0.2) is 72.8 Å². The Bertz CT molecular complexity index is 1090. The molecule has 0 unspecified atom stereocenters. The van der Waals surface area contributed by atoms with Crippen molar-refractivity contribution in [2.24, 2.45) is 0 Å². The van der Waals surface area contributed by atoms with Gasteiger partial charge in [-0.15, -0.1) is 0 Å². The fourth-order valence-corrected chi connectivity index (χ4v) is 2.65. The SMILES string of the molecule is O=[N+]([O-])c1ccc2nc(-c3ccc(Oc4ccccc4)cc3)n(O)c2c1. The summed E-state index contributed by atoms with van der Waals surface area (Å²) in [5, 5.41) is 21.3. The molecule has 4 aromatic rings. The number of imidazole rings is 1. The van der Waals surface area contributed by atoms with Gasteiger partial charge >= 0.3 is 0 Å². The highest BCUT2D eigenvalue weighted by atomic mass is 16.6. The van der Waals surface area contributed by atoms with Crippen molar-refractivity contribution in [3.63, 3.8) is 0 Å². The van der Waals surface area contributed by atoms with Gasteiger partial charge in [0.1, 0.15) is 17.0 Å². The molecule has 1 heterocycles. The number of hydrogen-bond acceptors (Lipinski definition) is 5. The summed E-state index contributed by atoms with van der Waals surface area (Å²) in [6.07, 6.45) is 0. The average molecular weight is 347 g/mol. The van der Waals surface area contributed by atoms with E-state index in [9.17, 15) is 15.3 Å². The fraction of sp³-hybridized carbons (Fsp3) is 0. The third kappa shape index (κ3) is 2.82. The lowest BCUT2D eigenvalue weighted by Gasteiger charge is -2.06. The molecule has 7 heteroatoms. The molecule has 0 atom stereocenters. The highest BCUT2D eigenvalue weighted by molar-refractivity contribution is 5.82. The maximum atomic E-state index is 10.9. The molecular weight excluding hydrogens is 334 g/mol. The average Bonchev–Trinajstić information content (AvgIpc) is 2.99. The molecule has 0 radical (unpaired) electrons. The van der Waals surface area contributed by atoms with Gasteiger partial charge in [0.15, 0.2) is 5.82 Å². The molecule has 0 fully saturated rings. The summed E-state index contributed by atoms with van der Waals surface area (Å²) in [7, 11) is 0. The number of nitro benzene ring substituents is 1. The minimum absolute atomic E-state index is 0.106. The number of benzene rings is 3. The number of rotatable bonds is 4. The number of ether oxygens (including phenoxy) is 1. The second-order valence-electron chi connectivity index (χ2n) is 5.62. The molecule has 0 aliphatic rings. The van der Waals surface area contributed by atoms with Crippen LogP contribution in [-0.2, 0) is 0 Å². The standard InChI is InChI=1S/C19H13N3O4/c23-21-18-12-14(22(24)25)8-11-17(18)20-19(21)13-6-9-16(10-7-13)26-15-4-2-1-3-5-15/h1-12,23H. The summed E-state index contributed by atoms with van der Waals surface area (Å²) < 4.78 is 6.59. The summed E-state index contributed by atoms with van der Waals surface area (Å²) in [4.78, 5) is 14.7. The molecule has 0 aliphatic carbocycles.